The van der Waals surface area contributed by atoms with Crippen LogP contribution in [0.15, 0.2) is 56.1 Å². The zero-order chi connectivity index (χ0) is 41.8. The van der Waals surface area contributed by atoms with Gasteiger partial charge in [-0.3, -0.25) is 32.8 Å². The number of carboxylic acids is 1. The molecular weight excluding hydrogens is 821 g/mol. The van der Waals surface area contributed by atoms with Gasteiger partial charge in [0.2, 0.25) is 0 Å². The number of anilines is 2. The van der Waals surface area contributed by atoms with Crippen LogP contribution in [-0.2, 0) is 14.4 Å². The molecule has 0 radical (unpaired) electrons. The number of aliphatic carboxylic acids is 1. The average Bonchev–Trinajstić information content (AvgIpc) is 3.67. The molecule has 0 aliphatic carbocycles. The molecule has 2 amide bonds. The molecule has 4 aromatic rings. The number of aryl methyl sites for hydroxylation is 2. The highest BCUT2D eigenvalue weighted by molar-refractivity contribution is 8.27. The second-order valence-corrected chi connectivity index (χ2v) is 17.4. The Morgan fingerprint density at radius 3 is 1.33 bits per heavy atom. The van der Waals surface area contributed by atoms with Crippen molar-refractivity contribution >= 4 is 109 Å². The third kappa shape index (κ3) is 9.99. The number of pyridine rings is 2. The first-order valence-corrected chi connectivity index (χ1v) is 20.6. The van der Waals surface area contributed by atoms with Crippen LogP contribution in [0.25, 0.3) is 23.4 Å². The van der Waals surface area contributed by atoms with E-state index in [9.17, 15) is 19.2 Å². The molecule has 4 saturated heterocycles. The molecular formula is C38H42N10O6S4. The number of rotatable bonds is 4. The molecule has 304 valence electrons. The predicted octanol–water partition coefficient (Wildman–Crippen LogP) is 2.58. The van der Waals surface area contributed by atoms with E-state index in [4.69, 9.17) is 44.3 Å². The van der Waals surface area contributed by atoms with E-state index in [0.29, 0.717) is 52.5 Å². The van der Waals surface area contributed by atoms with Gasteiger partial charge in [-0.1, -0.05) is 60.1 Å². The number of hydrogen-bond donors (Lipinski definition) is 3. The number of likely N-dealkylation sites (N-methyl/N-ethyl adjacent to an activating group) is 2. The van der Waals surface area contributed by atoms with Crippen molar-refractivity contribution in [2.45, 2.75) is 20.8 Å². The fraction of sp³-hybridized carbons (Fsp3) is 0.342. The molecule has 4 aliphatic heterocycles. The third-order valence-electron chi connectivity index (χ3n) is 9.41. The second kappa shape index (κ2) is 18.3. The van der Waals surface area contributed by atoms with Crippen LogP contribution >= 0.6 is 48.0 Å². The zero-order valence-electron chi connectivity index (χ0n) is 32.5. The Balaban J connectivity index is 0.000000179. The normalized spacial score (nSPS) is 19.0. The highest BCUT2D eigenvalue weighted by Crippen LogP contribution is 2.30. The maximum absolute atomic E-state index is 13.3. The average molecular weight is 863 g/mol. The van der Waals surface area contributed by atoms with Gasteiger partial charge in [-0.2, -0.15) is 0 Å². The number of fused-ring (bicyclic) bond motifs is 2. The van der Waals surface area contributed by atoms with Crippen LogP contribution in [-0.4, -0.2) is 127 Å². The van der Waals surface area contributed by atoms with Gasteiger partial charge in [-0.05, 0) is 63.4 Å². The van der Waals surface area contributed by atoms with Gasteiger partial charge < -0.3 is 35.3 Å². The molecule has 4 fully saturated rings. The highest BCUT2D eigenvalue weighted by Gasteiger charge is 2.28. The SMILES string of the molecule is CC(=O)O.Cc1ccc2nc(N3CCN(C)CC3)c(/C=C3\SC(=S)NC3=O)c(=O)n2c1.Cc1ccc2nc(N3CCN(C)CC3)c(/C=C3\SC(=S)NC3=O)c(=O)n2c1. The van der Waals surface area contributed by atoms with Crippen molar-refractivity contribution in [3.8, 4) is 0 Å². The van der Waals surface area contributed by atoms with Gasteiger partial charge in [0.1, 0.15) is 31.6 Å². The monoisotopic (exact) mass is 862 g/mol. The van der Waals surface area contributed by atoms with Gasteiger partial charge in [0.15, 0.2) is 0 Å². The number of thioether (sulfide) groups is 2. The number of aromatic nitrogens is 4. The van der Waals surface area contributed by atoms with E-state index in [0.717, 1.165) is 70.4 Å². The number of nitrogens with one attached hydrogen (secondary N) is 2. The number of carbonyl (C=O) groups excluding carboxylic acids is 2. The predicted molar refractivity (Wildman–Crippen MR) is 238 cm³/mol. The standard InChI is InChI=1S/2C18H19N5O2S2.C2H4O2/c2*1-11-3-4-14-19-15(22-7-5-21(2)6-8-22)12(17(25)23(14)10-11)9-13-16(24)20-18(26)27-13;1-2(3)4/h2*3-4,9-10H,5-8H2,1-2H3,(H,20,24,26);1H3,(H,3,4)/b2*13-9-;. The van der Waals surface area contributed by atoms with E-state index in [1.54, 1.807) is 24.5 Å². The molecule has 4 aliphatic rings. The summed E-state index contributed by atoms with van der Waals surface area (Å²) >= 11 is 12.5. The first-order valence-electron chi connectivity index (χ1n) is 18.2. The molecule has 16 nitrogen and oxygen atoms in total. The summed E-state index contributed by atoms with van der Waals surface area (Å²) in [5.74, 6) is -0.141. The summed E-state index contributed by atoms with van der Waals surface area (Å²) in [5, 5.41) is 12.6. The topological polar surface area (TPSA) is 177 Å². The number of thiocarbonyl (C=S) groups is 2. The van der Waals surface area contributed by atoms with Crippen molar-refractivity contribution in [3.63, 3.8) is 0 Å². The fourth-order valence-electron chi connectivity index (χ4n) is 6.37. The van der Waals surface area contributed by atoms with Crippen molar-refractivity contribution in [2.24, 2.45) is 0 Å². The van der Waals surface area contributed by atoms with Crippen LogP contribution < -0.4 is 31.6 Å². The summed E-state index contributed by atoms with van der Waals surface area (Å²) in [6, 6.07) is 7.57. The van der Waals surface area contributed by atoms with Gasteiger partial charge >= 0.3 is 0 Å². The van der Waals surface area contributed by atoms with Crippen molar-refractivity contribution in [3.05, 3.63) is 89.4 Å². The molecule has 8 heterocycles. The molecule has 0 unspecified atom stereocenters. The lowest BCUT2D eigenvalue weighted by Gasteiger charge is -2.34. The van der Waals surface area contributed by atoms with Crippen LogP contribution in [0.3, 0.4) is 0 Å². The van der Waals surface area contributed by atoms with E-state index >= 15 is 0 Å². The Morgan fingerprint density at radius 2 is 1.02 bits per heavy atom. The van der Waals surface area contributed by atoms with Crippen molar-refractivity contribution in [1.82, 2.24) is 39.2 Å². The second-order valence-electron chi connectivity index (χ2n) is 14.0. The molecule has 4 aromatic heterocycles. The van der Waals surface area contributed by atoms with Gasteiger partial charge in [0, 0.05) is 71.7 Å². The molecule has 20 heteroatoms. The van der Waals surface area contributed by atoms with Crippen LogP contribution in [0.4, 0.5) is 11.6 Å². The van der Waals surface area contributed by atoms with Gasteiger partial charge in [0.25, 0.3) is 28.9 Å². The first kappa shape index (κ1) is 42.6. The lowest BCUT2D eigenvalue weighted by atomic mass is 10.2. The van der Waals surface area contributed by atoms with E-state index in [-0.39, 0.29) is 22.9 Å². The maximum atomic E-state index is 13.3. The first-order chi connectivity index (χ1) is 27.6. The van der Waals surface area contributed by atoms with E-state index in [1.807, 2.05) is 38.1 Å². The van der Waals surface area contributed by atoms with Crippen molar-refractivity contribution in [2.75, 3.05) is 76.3 Å². The quantitative estimate of drug-likeness (QED) is 0.201. The summed E-state index contributed by atoms with van der Waals surface area (Å²) in [6.45, 7) is 11.6. The van der Waals surface area contributed by atoms with Gasteiger partial charge in [0.05, 0.1) is 20.9 Å². The van der Waals surface area contributed by atoms with Crippen molar-refractivity contribution in [1.29, 1.82) is 0 Å². The van der Waals surface area contributed by atoms with Gasteiger partial charge in [-0.15, -0.1) is 0 Å². The fourth-order valence-corrected chi connectivity index (χ4v) is 8.42. The summed E-state index contributed by atoms with van der Waals surface area (Å²) < 4.78 is 3.88. The van der Waals surface area contributed by atoms with Crippen LogP contribution in [0.5, 0.6) is 0 Å². The Labute approximate surface area is 353 Å². The molecule has 0 saturated carbocycles. The van der Waals surface area contributed by atoms with E-state index in [2.05, 4.69) is 44.3 Å². The lowest BCUT2D eigenvalue weighted by molar-refractivity contribution is -0.134. The lowest BCUT2D eigenvalue weighted by Crippen LogP contribution is -2.45. The third-order valence-corrected chi connectivity index (χ3v) is 11.7. The summed E-state index contributed by atoms with van der Waals surface area (Å²) in [5.41, 5.74) is 3.60. The maximum Gasteiger partial charge on any atom is 0.300 e. The molecule has 3 N–H and O–H groups in total. The molecule has 8 rings (SSSR count). The Morgan fingerprint density at radius 1 is 0.672 bits per heavy atom. The summed E-state index contributed by atoms with van der Waals surface area (Å²) in [6.07, 6.45) is 6.79. The van der Waals surface area contributed by atoms with Crippen LogP contribution in [0, 0.1) is 13.8 Å². The zero-order valence-corrected chi connectivity index (χ0v) is 35.7. The number of piperazine rings is 2. The summed E-state index contributed by atoms with van der Waals surface area (Å²) in [7, 11) is 4.15. The number of amides is 2. The Hall–Kier alpha value is -4.99. The van der Waals surface area contributed by atoms with Crippen molar-refractivity contribution < 1.29 is 19.5 Å². The number of nitrogens with zero attached hydrogens (tertiary/aromatic N) is 8. The highest BCUT2D eigenvalue weighted by atomic mass is 32.2. The minimum absolute atomic E-state index is 0.184. The number of carboxylic acid groups (broad SMARTS) is 1. The number of carbonyl (C=O) groups is 3. The Bertz CT molecular complexity index is 2350. The minimum atomic E-state index is -0.833. The molecule has 0 atom stereocenters. The summed E-state index contributed by atoms with van der Waals surface area (Å²) in [4.78, 5) is 78.8. The van der Waals surface area contributed by atoms with Gasteiger partial charge in [-0.25, -0.2) is 9.97 Å². The molecule has 0 spiro atoms. The molecule has 58 heavy (non-hydrogen) atoms. The molecule has 0 bridgehead atoms. The smallest absolute Gasteiger partial charge is 0.300 e. The largest absolute Gasteiger partial charge is 0.481 e. The molecule has 0 aromatic carbocycles. The van der Waals surface area contributed by atoms with E-state index < -0.39 is 5.97 Å². The van der Waals surface area contributed by atoms with Crippen LogP contribution in [0.1, 0.15) is 29.2 Å². The van der Waals surface area contributed by atoms with Crippen LogP contribution in [0.2, 0.25) is 0 Å². The van der Waals surface area contributed by atoms with E-state index in [1.165, 1.54) is 32.3 Å². The minimum Gasteiger partial charge on any atom is -0.481 e. The Kier molecular flexibility index (Phi) is 13.4. The number of hydrogen-bond acceptors (Lipinski definition) is 15.